The van der Waals surface area contributed by atoms with Crippen molar-refractivity contribution in [2.45, 2.75) is 6.04 Å². The summed E-state index contributed by atoms with van der Waals surface area (Å²) in [5, 5.41) is 0.699. The van der Waals surface area contributed by atoms with Crippen LogP contribution in [-0.2, 0) is 0 Å². The lowest BCUT2D eigenvalue weighted by Crippen LogP contribution is -2.47. The molecule has 4 N–H and O–H groups in total. The fourth-order valence-corrected chi connectivity index (χ4v) is 3.26. The predicted molar refractivity (Wildman–Crippen MR) is 94.3 cm³/mol. The molecule has 116 valence electrons. The molecular weight excluding hydrogens is 296 g/mol. The van der Waals surface area contributed by atoms with E-state index in [9.17, 15) is 0 Å². The minimum absolute atomic E-state index is 0.250. The van der Waals surface area contributed by atoms with Crippen LogP contribution in [0.2, 0.25) is 5.02 Å². The molecule has 2 aromatic carbocycles. The van der Waals surface area contributed by atoms with Gasteiger partial charge in [-0.05, 0) is 42.9 Å². The summed E-state index contributed by atoms with van der Waals surface area (Å²) in [6.07, 6.45) is 0. The van der Waals surface area contributed by atoms with Crippen molar-refractivity contribution in [3.05, 3.63) is 53.1 Å². The Kier molecular flexibility index (Phi) is 4.14. The highest BCUT2D eigenvalue weighted by molar-refractivity contribution is 6.33. The number of benzene rings is 2. The summed E-state index contributed by atoms with van der Waals surface area (Å²) in [5.74, 6) is 0. The first-order chi connectivity index (χ1) is 10.5. The maximum atomic E-state index is 6.42. The van der Waals surface area contributed by atoms with Crippen LogP contribution in [0.1, 0.15) is 11.6 Å². The van der Waals surface area contributed by atoms with Crippen molar-refractivity contribution in [3.8, 4) is 0 Å². The van der Waals surface area contributed by atoms with Crippen LogP contribution in [0.3, 0.4) is 0 Å². The van der Waals surface area contributed by atoms with E-state index in [-0.39, 0.29) is 6.04 Å². The van der Waals surface area contributed by atoms with E-state index in [0.717, 1.165) is 31.0 Å². The van der Waals surface area contributed by atoms with E-state index in [1.165, 1.54) is 5.56 Å². The van der Waals surface area contributed by atoms with Gasteiger partial charge in [-0.3, -0.25) is 0 Å². The van der Waals surface area contributed by atoms with Crippen molar-refractivity contribution in [2.75, 3.05) is 43.0 Å². The predicted octanol–water partition coefficient (Wildman–Crippen LogP) is 3.00. The highest BCUT2D eigenvalue weighted by Crippen LogP contribution is 2.36. The monoisotopic (exact) mass is 316 g/mol. The lowest BCUT2D eigenvalue weighted by molar-refractivity contribution is 0.269. The van der Waals surface area contributed by atoms with Crippen molar-refractivity contribution in [1.82, 2.24) is 4.90 Å². The number of hydrogen-bond acceptors (Lipinski definition) is 4. The average Bonchev–Trinajstić information content (AvgIpc) is 2.49. The van der Waals surface area contributed by atoms with Gasteiger partial charge in [0, 0.05) is 31.0 Å². The maximum Gasteiger partial charge on any atom is 0.0670 e. The summed E-state index contributed by atoms with van der Waals surface area (Å²) in [6, 6.07) is 14.1. The molecule has 0 saturated carbocycles. The lowest BCUT2D eigenvalue weighted by atomic mass is 10.0. The van der Waals surface area contributed by atoms with Gasteiger partial charge in [0.05, 0.1) is 16.8 Å². The molecule has 0 radical (unpaired) electrons. The van der Waals surface area contributed by atoms with Crippen LogP contribution < -0.4 is 16.4 Å². The second kappa shape index (κ2) is 6.07. The Bertz CT molecular complexity index is 656. The minimum Gasteiger partial charge on any atom is -0.399 e. The molecule has 3 rings (SSSR count). The van der Waals surface area contributed by atoms with Gasteiger partial charge >= 0.3 is 0 Å². The molecule has 22 heavy (non-hydrogen) atoms. The molecule has 1 aliphatic heterocycles. The first-order valence-electron chi connectivity index (χ1n) is 7.40. The van der Waals surface area contributed by atoms with E-state index in [1.54, 1.807) is 0 Å². The molecule has 1 fully saturated rings. The van der Waals surface area contributed by atoms with Crippen molar-refractivity contribution in [1.29, 1.82) is 0 Å². The molecule has 1 heterocycles. The Morgan fingerprint density at radius 1 is 1.00 bits per heavy atom. The molecular formula is C17H21ClN4. The highest BCUT2D eigenvalue weighted by Gasteiger charge is 2.28. The average molecular weight is 317 g/mol. The topological polar surface area (TPSA) is 58.5 Å². The first kappa shape index (κ1) is 15.0. The van der Waals surface area contributed by atoms with E-state index in [0.29, 0.717) is 10.7 Å². The van der Waals surface area contributed by atoms with E-state index in [1.807, 2.05) is 30.3 Å². The zero-order valence-electron chi connectivity index (χ0n) is 12.7. The van der Waals surface area contributed by atoms with Gasteiger partial charge in [-0.2, -0.15) is 0 Å². The Labute approximate surface area is 136 Å². The van der Waals surface area contributed by atoms with Gasteiger partial charge in [-0.25, -0.2) is 0 Å². The smallest absolute Gasteiger partial charge is 0.0670 e. The SMILES string of the molecule is CN1CCN(c2ccc(N)cc2Cl)C(c2ccc(N)cc2)C1. The molecule has 5 heteroatoms. The minimum atomic E-state index is 0.250. The van der Waals surface area contributed by atoms with Crippen LogP contribution in [-0.4, -0.2) is 31.6 Å². The third-order valence-corrected chi connectivity index (χ3v) is 4.49. The summed E-state index contributed by atoms with van der Waals surface area (Å²) in [4.78, 5) is 4.69. The van der Waals surface area contributed by atoms with Crippen LogP contribution >= 0.6 is 11.6 Å². The highest BCUT2D eigenvalue weighted by atomic mass is 35.5. The largest absolute Gasteiger partial charge is 0.399 e. The lowest BCUT2D eigenvalue weighted by Gasteiger charge is -2.42. The van der Waals surface area contributed by atoms with Gasteiger partial charge in [0.25, 0.3) is 0 Å². The number of nitrogens with two attached hydrogens (primary N) is 2. The molecule has 2 aromatic rings. The number of rotatable bonds is 2. The van der Waals surface area contributed by atoms with Crippen LogP contribution in [0.15, 0.2) is 42.5 Å². The molecule has 1 atom stereocenters. The van der Waals surface area contributed by atoms with Gasteiger partial charge in [0.15, 0.2) is 0 Å². The second-order valence-corrected chi connectivity index (χ2v) is 6.26. The second-order valence-electron chi connectivity index (χ2n) is 5.85. The Morgan fingerprint density at radius 3 is 2.36 bits per heavy atom. The summed E-state index contributed by atoms with van der Waals surface area (Å²) < 4.78 is 0. The van der Waals surface area contributed by atoms with Gasteiger partial charge in [0.2, 0.25) is 0 Å². The fraction of sp³-hybridized carbons (Fsp3) is 0.294. The third kappa shape index (κ3) is 2.98. The molecule has 0 aliphatic carbocycles. The van der Waals surface area contributed by atoms with Crippen molar-refractivity contribution in [3.63, 3.8) is 0 Å². The normalized spacial score (nSPS) is 19.4. The fourth-order valence-electron chi connectivity index (χ4n) is 2.97. The zero-order chi connectivity index (χ0) is 15.7. The summed E-state index contributed by atoms with van der Waals surface area (Å²) in [6.45, 7) is 2.88. The molecule has 4 nitrogen and oxygen atoms in total. The summed E-state index contributed by atoms with van der Waals surface area (Å²) in [5.41, 5.74) is 15.4. The van der Waals surface area contributed by atoms with Crippen molar-refractivity contribution in [2.24, 2.45) is 0 Å². The molecule has 1 unspecified atom stereocenters. The number of piperazine rings is 1. The number of nitrogens with zero attached hydrogens (tertiary/aromatic N) is 2. The van der Waals surface area contributed by atoms with Crippen LogP contribution in [0.5, 0.6) is 0 Å². The Morgan fingerprint density at radius 2 is 1.68 bits per heavy atom. The summed E-state index contributed by atoms with van der Waals surface area (Å²) in [7, 11) is 2.15. The third-order valence-electron chi connectivity index (χ3n) is 4.19. The quantitative estimate of drug-likeness (QED) is 0.836. The van der Waals surface area contributed by atoms with Crippen molar-refractivity contribution >= 4 is 28.7 Å². The number of likely N-dealkylation sites (N-methyl/N-ethyl adjacent to an activating group) is 1. The number of anilines is 3. The van der Waals surface area contributed by atoms with Gasteiger partial charge in [-0.1, -0.05) is 23.7 Å². The van der Waals surface area contributed by atoms with Crippen molar-refractivity contribution < 1.29 is 0 Å². The Hall–Kier alpha value is -1.91. The van der Waals surface area contributed by atoms with E-state index < -0.39 is 0 Å². The molecule has 1 saturated heterocycles. The van der Waals surface area contributed by atoms with Crippen LogP contribution in [0.25, 0.3) is 0 Å². The first-order valence-corrected chi connectivity index (χ1v) is 7.78. The van der Waals surface area contributed by atoms with E-state index in [2.05, 4.69) is 29.0 Å². The molecule has 1 aliphatic rings. The summed E-state index contributed by atoms with van der Waals surface area (Å²) >= 11 is 6.42. The van der Waals surface area contributed by atoms with E-state index >= 15 is 0 Å². The molecule has 0 aromatic heterocycles. The molecule has 0 spiro atoms. The number of nitrogen functional groups attached to an aromatic ring is 2. The molecule has 0 amide bonds. The van der Waals surface area contributed by atoms with Crippen LogP contribution in [0.4, 0.5) is 17.1 Å². The molecule has 0 bridgehead atoms. The Balaban J connectivity index is 1.98. The zero-order valence-corrected chi connectivity index (χ0v) is 13.4. The maximum absolute atomic E-state index is 6.42. The van der Waals surface area contributed by atoms with Gasteiger partial charge in [-0.15, -0.1) is 0 Å². The van der Waals surface area contributed by atoms with Gasteiger partial charge < -0.3 is 21.3 Å². The standard InChI is InChI=1S/C17H21ClN4/c1-21-8-9-22(16-7-6-14(20)10-15(16)18)17(11-21)12-2-4-13(19)5-3-12/h2-7,10,17H,8-9,11,19-20H2,1H3. The number of halogens is 1. The van der Waals surface area contributed by atoms with Crippen LogP contribution in [0, 0.1) is 0 Å². The number of hydrogen-bond donors (Lipinski definition) is 2. The van der Waals surface area contributed by atoms with Gasteiger partial charge in [0.1, 0.15) is 0 Å². The van der Waals surface area contributed by atoms with E-state index in [4.69, 9.17) is 23.1 Å².